The van der Waals surface area contributed by atoms with E-state index in [1.165, 1.54) is 0 Å². The Kier molecular flexibility index (Phi) is 5.38. The molecule has 0 radical (unpaired) electrons. The smallest absolute Gasteiger partial charge is 0.251 e. The molecule has 9 heteroatoms. The van der Waals surface area contributed by atoms with Gasteiger partial charge in [-0.15, -0.1) is 11.3 Å². The molecule has 0 saturated carbocycles. The minimum absolute atomic E-state index is 0.0514. The van der Waals surface area contributed by atoms with Gasteiger partial charge in [-0.25, -0.2) is 9.97 Å². The number of rotatable bonds is 5. The Morgan fingerprint density at radius 3 is 2.97 bits per heavy atom. The second kappa shape index (κ2) is 8.14. The first-order valence-electron chi connectivity index (χ1n) is 10.4. The third kappa shape index (κ3) is 3.96. The standard InChI is InChI=1S/C20H27N5O3S/c26-18(23-12-15-2-1-10-27-15)16-13-25-9-5-22-19(25)20(28-16)3-7-24(8-4-20)14-17-21-6-11-29-17/h5-6,9,11,15-16H,1-4,7-8,10,12-14H2,(H,23,26)/t15-,16+/m1/s1. The molecule has 5 heterocycles. The summed E-state index contributed by atoms with van der Waals surface area (Å²) in [5, 5.41) is 6.19. The topological polar surface area (TPSA) is 81.5 Å². The van der Waals surface area contributed by atoms with Crippen molar-refractivity contribution in [2.24, 2.45) is 0 Å². The van der Waals surface area contributed by atoms with E-state index in [0.717, 1.165) is 62.8 Å². The largest absolute Gasteiger partial charge is 0.376 e. The highest BCUT2D eigenvalue weighted by Crippen LogP contribution is 2.40. The number of amides is 1. The van der Waals surface area contributed by atoms with E-state index in [1.54, 1.807) is 11.3 Å². The molecule has 2 saturated heterocycles. The Bertz CT molecular complexity index is 825. The molecule has 1 amide bonds. The predicted octanol–water partition coefficient (Wildman–Crippen LogP) is 1.52. The second-order valence-corrected chi connectivity index (χ2v) is 9.07. The fourth-order valence-corrected chi connectivity index (χ4v) is 5.26. The van der Waals surface area contributed by atoms with E-state index in [-0.39, 0.29) is 12.0 Å². The lowest BCUT2D eigenvalue weighted by Crippen LogP contribution is -2.54. The van der Waals surface area contributed by atoms with Gasteiger partial charge in [0.25, 0.3) is 5.91 Å². The Morgan fingerprint density at radius 1 is 1.31 bits per heavy atom. The van der Waals surface area contributed by atoms with Crippen molar-refractivity contribution >= 4 is 17.2 Å². The van der Waals surface area contributed by atoms with E-state index in [0.29, 0.717) is 13.1 Å². The van der Waals surface area contributed by atoms with Crippen LogP contribution in [0.2, 0.25) is 0 Å². The maximum atomic E-state index is 12.8. The van der Waals surface area contributed by atoms with Crippen LogP contribution in [0.4, 0.5) is 0 Å². The van der Waals surface area contributed by atoms with Crippen LogP contribution in [0.5, 0.6) is 0 Å². The van der Waals surface area contributed by atoms with Gasteiger partial charge < -0.3 is 19.4 Å². The predicted molar refractivity (Wildman–Crippen MR) is 107 cm³/mol. The van der Waals surface area contributed by atoms with Crippen molar-refractivity contribution in [3.63, 3.8) is 0 Å². The Labute approximate surface area is 174 Å². The lowest BCUT2D eigenvalue weighted by atomic mass is 9.88. The van der Waals surface area contributed by atoms with Crippen molar-refractivity contribution in [2.75, 3.05) is 26.2 Å². The highest BCUT2D eigenvalue weighted by molar-refractivity contribution is 7.09. The maximum absolute atomic E-state index is 12.8. The quantitative estimate of drug-likeness (QED) is 0.795. The van der Waals surface area contributed by atoms with E-state index in [4.69, 9.17) is 9.47 Å². The summed E-state index contributed by atoms with van der Waals surface area (Å²) in [4.78, 5) is 24.2. The first kappa shape index (κ1) is 19.2. The third-order valence-electron chi connectivity index (χ3n) is 6.18. The van der Waals surface area contributed by atoms with E-state index < -0.39 is 11.7 Å². The van der Waals surface area contributed by atoms with Gasteiger partial charge in [0.05, 0.1) is 19.2 Å². The van der Waals surface area contributed by atoms with Crippen LogP contribution in [0, 0.1) is 0 Å². The van der Waals surface area contributed by atoms with Crippen LogP contribution in [-0.2, 0) is 33.0 Å². The molecule has 2 fully saturated rings. The van der Waals surface area contributed by atoms with Crippen molar-refractivity contribution in [1.29, 1.82) is 0 Å². The summed E-state index contributed by atoms with van der Waals surface area (Å²) in [5.41, 5.74) is -0.493. The number of aromatic nitrogens is 3. The summed E-state index contributed by atoms with van der Waals surface area (Å²) in [6.07, 6.45) is 8.99. The van der Waals surface area contributed by atoms with Gasteiger partial charge in [0.1, 0.15) is 16.4 Å². The maximum Gasteiger partial charge on any atom is 0.251 e. The summed E-state index contributed by atoms with van der Waals surface area (Å²) in [6, 6.07) is 0. The van der Waals surface area contributed by atoms with Crippen LogP contribution >= 0.6 is 11.3 Å². The van der Waals surface area contributed by atoms with Gasteiger partial charge in [0.15, 0.2) is 6.10 Å². The van der Waals surface area contributed by atoms with E-state index >= 15 is 0 Å². The molecular weight excluding hydrogens is 390 g/mol. The van der Waals surface area contributed by atoms with E-state index in [1.807, 2.05) is 24.0 Å². The number of likely N-dealkylation sites (tertiary alicyclic amines) is 1. The third-order valence-corrected chi connectivity index (χ3v) is 6.94. The number of hydrogen-bond donors (Lipinski definition) is 1. The molecule has 0 unspecified atom stereocenters. The van der Waals surface area contributed by atoms with E-state index in [2.05, 4.69) is 24.8 Å². The van der Waals surface area contributed by atoms with Crippen LogP contribution in [0.15, 0.2) is 24.0 Å². The summed E-state index contributed by atoms with van der Waals surface area (Å²) < 4.78 is 14.2. The van der Waals surface area contributed by atoms with Gasteiger partial charge in [-0.1, -0.05) is 0 Å². The Balaban J connectivity index is 1.25. The molecule has 0 aliphatic carbocycles. The number of carbonyl (C=O) groups excluding carboxylic acids is 1. The lowest BCUT2D eigenvalue weighted by molar-refractivity contribution is -0.174. The van der Waals surface area contributed by atoms with Crippen molar-refractivity contribution in [3.8, 4) is 0 Å². The number of thiazole rings is 1. The second-order valence-electron chi connectivity index (χ2n) is 8.09. The molecule has 8 nitrogen and oxygen atoms in total. The summed E-state index contributed by atoms with van der Waals surface area (Å²) in [7, 11) is 0. The number of imidazole rings is 1. The molecule has 0 aromatic carbocycles. The number of nitrogens with zero attached hydrogens (tertiary/aromatic N) is 4. The molecular formula is C20H27N5O3S. The minimum Gasteiger partial charge on any atom is -0.376 e. The molecule has 2 aromatic heterocycles. The number of carbonyl (C=O) groups is 1. The molecule has 0 bridgehead atoms. The van der Waals surface area contributed by atoms with Crippen LogP contribution in [-0.4, -0.2) is 63.8 Å². The average Bonchev–Trinajstić information content (AvgIpc) is 3.50. The number of nitrogens with one attached hydrogen (secondary N) is 1. The molecule has 1 N–H and O–H groups in total. The van der Waals surface area contributed by atoms with Crippen LogP contribution in [0.25, 0.3) is 0 Å². The van der Waals surface area contributed by atoms with Gasteiger partial charge in [-0.05, 0) is 25.7 Å². The van der Waals surface area contributed by atoms with Gasteiger partial charge in [-0.2, -0.15) is 0 Å². The summed E-state index contributed by atoms with van der Waals surface area (Å²) in [6.45, 7) is 4.53. The molecule has 3 aliphatic heterocycles. The zero-order chi connectivity index (χ0) is 19.7. The fraction of sp³-hybridized carbons (Fsp3) is 0.650. The van der Waals surface area contributed by atoms with Crippen molar-refractivity contribution < 1.29 is 14.3 Å². The molecule has 29 heavy (non-hydrogen) atoms. The molecule has 5 rings (SSSR count). The first-order chi connectivity index (χ1) is 14.2. The number of piperidine rings is 1. The SMILES string of the molecule is O=C(NC[C@H]1CCCO1)[C@@H]1Cn2ccnc2C2(CCN(Cc3nccs3)CC2)O1. The first-order valence-corrected chi connectivity index (χ1v) is 11.3. The molecule has 1 spiro atoms. The summed E-state index contributed by atoms with van der Waals surface area (Å²) in [5.74, 6) is 0.902. The van der Waals surface area contributed by atoms with Gasteiger partial charge in [0, 0.05) is 50.2 Å². The number of hydrogen-bond acceptors (Lipinski definition) is 7. The monoisotopic (exact) mass is 417 g/mol. The Hall–Kier alpha value is -1.81. The van der Waals surface area contributed by atoms with Crippen molar-refractivity contribution in [1.82, 2.24) is 24.8 Å². The summed E-state index contributed by atoms with van der Waals surface area (Å²) >= 11 is 1.69. The van der Waals surface area contributed by atoms with Crippen molar-refractivity contribution in [3.05, 3.63) is 34.8 Å². The van der Waals surface area contributed by atoms with Crippen molar-refractivity contribution in [2.45, 2.75) is 56.6 Å². The van der Waals surface area contributed by atoms with E-state index in [9.17, 15) is 4.79 Å². The minimum atomic E-state index is -0.497. The average molecular weight is 418 g/mol. The van der Waals surface area contributed by atoms with Gasteiger partial charge >= 0.3 is 0 Å². The molecule has 2 atom stereocenters. The highest BCUT2D eigenvalue weighted by Gasteiger charge is 2.47. The van der Waals surface area contributed by atoms with Crippen LogP contribution in [0.3, 0.4) is 0 Å². The lowest BCUT2D eigenvalue weighted by Gasteiger charge is -2.45. The number of ether oxygens (including phenoxy) is 2. The molecule has 156 valence electrons. The Morgan fingerprint density at radius 2 is 2.21 bits per heavy atom. The van der Waals surface area contributed by atoms with Gasteiger partial charge in [0.2, 0.25) is 0 Å². The zero-order valence-corrected chi connectivity index (χ0v) is 17.3. The molecule has 2 aromatic rings. The molecule has 3 aliphatic rings. The fourth-order valence-electron chi connectivity index (χ4n) is 4.60. The van der Waals surface area contributed by atoms with Crippen LogP contribution < -0.4 is 5.32 Å². The van der Waals surface area contributed by atoms with Gasteiger partial charge in [-0.3, -0.25) is 9.69 Å². The normalized spacial score (nSPS) is 26.5. The van der Waals surface area contributed by atoms with Crippen LogP contribution in [0.1, 0.15) is 36.5 Å². The zero-order valence-electron chi connectivity index (χ0n) is 16.5. The highest BCUT2D eigenvalue weighted by atomic mass is 32.1. The number of fused-ring (bicyclic) bond motifs is 2.